The van der Waals surface area contributed by atoms with Crippen molar-refractivity contribution in [3.05, 3.63) is 53.6 Å². The maximum Gasteiger partial charge on any atom is 0.164 e. The van der Waals surface area contributed by atoms with Crippen LogP contribution in [-0.4, -0.2) is 81.7 Å². The topological polar surface area (TPSA) is 55.8 Å². The molecule has 0 N–H and O–H groups in total. The quantitative estimate of drug-likeness (QED) is 0.615. The molecule has 1 saturated heterocycles. The standard InChI is InChI=1S/C26H33N3O4/c1-30-23-15-20-22(16-24(23)31-2)32-18-21-25(33-27-26(20)21)17-29-13-11-28(12-14-29)10-6-9-19-7-4-3-5-8-19/h3-5,7-8,15-16,21,25H,6,9-14,17-18H2,1-2H3/t21-,25-/m0/s1. The fraction of sp³-hybridized carbons (Fsp3) is 0.500. The summed E-state index contributed by atoms with van der Waals surface area (Å²) in [6, 6.07) is 14.6. The summed E-state index contributed by atoms with van der Waals surface area (Å²) in [6.45, 7) is 6.96. The Morgan fingerprint density at radius 3 is 2.45 bits per heavy atom. The van der Waals surface area contributed by atoms with Gasteiger partial charge in [0.2, 0.25) is 0 Å². The number of rotatable bonds is 8. The van der Waals surface area contributed by atoms with Crippen LogP contribution in [0.15, 0.2) is 47.6 Å². The molecule has 0 radical (unpaired) electrons. The lowest BCUT2D eigenvalue weighted by molar-refractivity contribution is 0.00919. The molecule has 0 aromatic heterocycles. The predicted octanol–water partition coefficient (Wildman–Crippen LogP) is 3.07. The third-order valence-electron chi connectivity index (χ3n) is 6.95. The Morgan fingerprint density at radius 1 is 0.970 bits per heavy atom. The van der Waals surface area contributed by atoms with E-state index in [0.29, 0.717) is 18.1 Å². The molecule has 0 aliphatic carbocycles. The first kappa shape index (κ1) is 22.0. The van der Waals surface area contributed by atoms with Crippen molar-refractivity contribution in [1.29, 1.82) is 0 Å². The van der Waals surface area contributed by atoms with Gasteiger partial charge in [-0.3, -0.25) is 4.90 Å². The zero-order chi connectivity index (χ0) is 22.6. The summed E-state index contributed by atoms with van der Waals surface area (Å²) < 4.78 is 17.0. The molecular weight excluding hydrogens is 418 g/mol. The summed E-state index contributed by atoms with van der Waals surface area (Å²) in [5.41, 5.74) is 3.33. The predicted molar refractivity (Wildman–Crippen MR) is 128 cm³/mol. The van der Waals surface area contributed by atoms with Crippen molar-refractivity contribution in [1.82, 2.24) is 9.80 Å². The van der Waals surface area contributed by atoms with Crippen molar-refractivity contribution in [2.24, 2.45) is 11.1 Å². The van der Waals surface area contributed by atoms with Crippen molar-refractivity contribution < 1.29 is 19.0 Å². The molecule has 0 spiro atoms. The van der Waals surface area contributed by atoms with Gasteiger partial charge in [0.05, 0.1) is 20.1 Å². The van der Waals surface area contributed by atoms with E-state index in [1.807, 2.05) is 12.1 Å². The van der Waals surface area contributed by atoms with E-state index in [-0.39, 0.29) is 12.0 Å². The molecule has 1 fully saturated rings. The lowest BCUT2D eigenvalue weighted by atomic mass is 9.90. The van der Waals surface area contributed by atoms with Crippen LogP contribution < -0.4 is 14.2 Å². The third-order valence-corrected chi connectivity index (χ3v) is 6.95. The first-order chi connectivity index (χ1) is 16.2. The molecule has 3 aliphatic rings. The van der Waals surface area contributed by atoms with Gasteiger partial charge in [-0.15, -0.1) is 0 Å². The molecule has 0 unspecified atom stereocenters. The number of oxime groups is 1. The summed E-state index contributed by atoms with van der Waals surface area (Å²) in [5, 5.41) is 4.46. The number of piperazine rings is 1. The maximum absolute atomic E-state index is 6.07. The Bertz CT molecular complexity index is 973. The zero-order valence-corrected chi connectivity index (χ0v) is 19.5. The molecule has 0 amide bonds. The second kappa shape index (κ2) is 10.0. The van der Waals surface area contributed by atoms with Gasteiger partial charge in [0.1, 0.15) is 18.1 Å². The minimum atomic E-state index is 0.0193. The third kappa shape index (κ3) is 4.80. The summed E-state index contributed by atoms with van der Waals surface area (Å²) in [7, 11) is 3.27. The zero-order valence-electron chi connectivity index (χ0n) is 19.5. The van der Waals surface area contributed by atoms with E-state index >= 15 is 0 Å². The second-order valence-corrected chi connectivity index (χ2v) is 8.97. The average Bonchev–Trinajstić information content (AvgIpc) is 3.28. The Hall–Kier alpha value is -2.77. The number of ether oxygens (including phenoxy) is 3. The Morgan fingerprint density at radius 2 is 1.70 bits per heavy atom. The number of hydrogen-bond acceptors (Lipinski definition) is 7. The van der Waals surface area contributed by atoms with E-state index in [9.17, 15) is 0 Å². The maximum atomic E-state index is 6.07. The van der Waals surface area contributed by atoms with Crippen LogP contribution in [0.25, 0.3) is 0 Å². The first-order valence-corrected chi connectivity index (χ1v) is 11.9. The number of fused-ring (bicyclic) bond motifs is 3. The normalized spacial score (nSPS) is 22.5. The summed E-state index contributed by atoms with van der Waals surface area (Å²) in [5.74, 6) is 2.25. The van der Waals surface area contributed by atoms with Gasteiger partial charge in [0.25, 0.3) is 0 Å². The van der Waals surface area contributed by atoms with E-state index < -0.39 is 0 Å². The van der Waals surface area contributed by atoms with Crippen molar-refractivity contribution in [3.8, 4) is 17.2 Å². The highest BCUT2D eigenvalue weighted by Crippen LogP contribution is 2.40. The van der Waals surface area contributed by atoms with Gasteiger partial charge < -0.3 is 23.9 Å². The number of nitrogens with zero attached hydrogens (tertiary/aromatic N) is 3. The monoisotopic (exact) mass is 451 g/mol. The molecule has 2 atom stereocenters. The van der Waals surface area contributed by atoms with Crippen LogP contribution in [0.4, 0.5) is 0 Å². The molecule has 2 aromatic carbocycles. The van der Waals surface area contributed by atoms with Gasteiger partial charge in [-0.25, -0.2) is 0 Å². The molecule has 7 nitrogen and oxygen atoms in total. The molecule has 7 heteroatoms. The first-order valence-electron chi connectivity index (χ1n) is 11.9. The largest absolute Gasteiger partial charge is 0.493 e. The number of aryl methyl sites for hydroxylation is 1. The van der Waals surface area contributed by atoms with Gasteiger partial charge in [-0.05, 0) is 31.0 Å². The van der Waals surface area contributed by atoms with Crippen LogP contribution >= 0.6 is 0 Å². The number of methoxy groups -OCH3 is 2. The lowest BCUT2D eigenvalue weighted by Crippen LogP contribution is -2.50. The number of hydrogen-bond donors (Lipinski definition) is 0. The van der Waals surface area contributed by atoms with Crippen molar-refractivity contribution in [2.45, 2.75) is 18.9 Å². The molecule has 33 heavy (non-hydrogen) atoms. The van der Waals surface area contributed by atoms with E-state index in [2.05, 4.69) is 45.3 Å². The van der Waals surface area contributed by atoms with E-state index in [4.69, 9.17) is 19.0 Å². The van der Waals surface area contributed by atoms with Crippen LogP contribution in [0, 0.1) is 5.92 Å². The molecule has 176 valence electrons. The van der Waals surface area contributed by atoms with Crippen LogP contribution in [-0.2, 0) is 11.3 Å². The molecule has 5 rings (SSSR count). The van der Waals surface area contributed by atoms with E-state index in [1.54, 1.807) is 14.2 Å². The molecule has 0 bridgehead atoms. The van der Waals surface area contributed by atoms with E-state index in [1.165, 1.54) is 12.0 Å². The fourth-order valence-corrected chi connectivity index (χ4v) is 5.00. The molecule has 3 heterocycles. The SMILES string of the molecule is COc1cc2c(cc1OC)C1=NO[C@@H](CN3CCN(CCCc4ccccc4)CC3)[C@@H]1CO2. The number of benzene rings is 2. The summed E-state index contributed by atoms with van der Waals surface area (Å²) in [6.07, 6.45) is 2.38. The Balaban J connectivity index is 1.12. The Kier molecular flexibility index (Phi) is 6.69. The molecular formula is C26H33N3O4. The van der Waals surface area contributed by atoms with Crippen LogP contribution in [0.3, 0.4) is 0 Å². The van der Waals surface area contributed by atoms with Gasteiger partial charge in [-0.2, -0.15) is 0 Å². The highest BCUT2D eigenvalue weighted by molar-refractivity contribution is 6.06. The van der Waals surface area contributed by atoms with Gasteiger partial charge in [0.15, 0.2) is 17.6 Å². The minimum absolute atomic E-state index is 0.0193. The molecule has 2 aromatic rings. The van der Waals surface area contributed by atoms with Crippen LogP contribution in [0.5, 0.6) is 17.2 Å². The van der Waals surface area contributed by atoms with Crippen LogP contribution in [0.2, 0.25) is 0 Å². The van der Waals surface area contributed by atoms with Crippen molar-refractivity contribution in [2.75, 3.05) is 60.1 Å². The van der Waals surface area contributed by atoms with Crippen LogP contribution in [0.1, 0.15) is 17.5 Å². The smallest absolute Gasteiger partial charge is 0.164 e. The average molecular weight is 452 g/mol. The lowest BCUT2D eigenvalue weighted by Gasteiger charge is -2.36. The van der Waals surface area contributed by atoms with Gasteiger partial charge >= 0.3 is 0 Å². The summed E-state index contributed by atoms with van der Waals surface area (Å²) in [4.78, 5) is 11.0. The Labute approximate surface area is 195 Å². The highest BCUT2D eigenvalue weighted by atomic mass is 16.6. The molecule has 0 saturated carbocycles. The minimum Gasteiger partial charge on any atom is -0.493 e. The van der Waals surface area contributed by atoms with Crippen molar-refractivity contribution >= 4 is 5.71 Å². The van der Waals surface area contributed by atoms with E-state index in [0.717, 1.165) is 62.7 Å². The molecule has 3 aliphatic heterocycles. The summed E-state index contributed by atoms with van der Waals surface area (Å²) >= 11 is 0. The highest BCUT2D eigenvalue weighted by Gasteiger charge is 2.41. The van der Waals surface area contributed by atoms with Gasteiger partial charge in [0, 0.05) is 44.4 Å². The van der Waals surface area contributed by atoms with Crippen molar-refractivity contribution in [3.63, 3.8) is 0 Å². The fourth-order valence-electron chi connectivity index (χ4n) is 5.00. The second-order valence-electron chi connectivity index (χ2n) is 8.97. The van der Waals surface area contributed by atoms with Gasteiger partial charge in [-0.1, -0.05) is 35.5 Å².